The second-order valence-corrected chi connectivity index (χ2v) is 12.6. The molecule has 2 nitrogen and oxygen atoms in total. The van der Waals surface area contributed by atoms with Gasteiger partial charge in [0.05, 0.1) is 0 Å². The van der Waals surface area contributed by atoms with Crippen molar-refractivity contribution in [3.63, 3.8) is 0 Å². The molecule has 0 saturated heterocycles. The van der Waals surface area contributed by atoms with E-state index in [-0.39, 0.29) is 10.5 Å². The molecular formula is C14H26O2Si. The Bertz CT molecular complexity index is 321. The van der Waals surface area contributed by atoms with Gasteiger partial charge in [-0.2, -0.15) is 0 Å². The highest BCUT2D eigenvalue weighted by Gasteiger charge is 2.70. The van der Waals surface area contributed by atoms with Crippen LogP contribution < -0.4 is 0 Å². The zero-order chi connectivity index (χ0) is 13.1. The minimum atomic E-state index is -1.66. The lowest BCUT2D eigenvalue weighted by Crippen LogP contribution is -2.68. The van der Waals surface area contributed by atoms with Crippen LogP contribution in [0.3, 0.4) is 0 Å². The SMILES string of the molecule is CC(O[Si](C)(C)C(C)(C)C)C12CC(C=O)(C1)C2. The molecule has 1 atom stereocenters. The summed E-state index contributed by atoms with van der Waals surface area (Å²) in [5.41, 5.74) is 0.404. The average molecular weight is 254 g/mol. The monoisotopic (exact) mass is 254 g/mol. The normalized spacial score (nSPS) is 38.0. The second-order valence-electron chi connectivity index (χ2n) is 7.89. The molecule has 17 heavy (non-hydrogen) atoms. The van der Waals surface area contributed by atoms with Crippen LogP contribution in [0.15, 0.2) is 0 Å². The van der Waals surface area contributed by atoms with Crippen LogP contribution in [0.5, 0.6) is 0 Å². The number of aldehydes is 1. The molecule has 0 radical (unpaired) electrons. The molecule has 2 bridgehead atoms. The van der Waals surface area contributed by atoms with Gasteiger partial charge in [-0.3, -0.25) is 0 Å². The zero-order valence-corrected chi connectivity index (χ0v) is 13.1. The fraction of sp³-hybridized carbons (Fsp3) is 0.929. The van der Waals surface area contributed by atoms with Gasteiger partial charge in [0, 0.05) is 11.5 Å². The highest BCUT2D eigenvalue weighted by molar-refractivity contribution is 6.74. The standard InChI is InChI=1S/C14H26O2Si/c1-11(16-17(5,6)12(2,3)4)14-7-13(8-14,9-14)10-15/h10-11H,7-9H2,1-6H3. The van der Waals surface area contributed by atoms with Gasteiger partial charge in [-0.25, -0.2) is 0 Å². The maximum Gasteiger partial charge on any atom is 0.192 e. The first kappa shape index (κ1) is 13.3. The summed E-state index contributed by atoms with van der Waals surface area (Å²) < 4.78 is 6.46. The minimum absolute atomic E-state index is 0.0606. The summed E-state index contributed by atoms with van der Waals surface area (Å²) in [7, 11) is -1.66. The average Bonchev–Trinajstić information content (AvgIpc) is 1.96. The molecular weight excluding hydrogens is 228 g/mol. The molecule has 0 amide bonds. The molecule has 0 heterocycles. The largest absolute Gasteiger partial charge is 0.414 e. The number of hydrogen-bond donors (Lipinski definition) is 0. The summed E-state index contributed by atoms with van der Waals surface area (Å²) in [6, 6.07) is 0. The van der Waals surface area contributed by atoms with E-state index in [9.17, 15) is 4.79 Å². The third kappa shape index (κ3) is 1.82. The van der Waals surface area contributed by atoms with Gasteiger partial charge >= 0.3 is 0 Å². The van der Waals surface area contributed by atoms with E-state index in [4.69, 9.17) is 4.43 Å². The Labute approximate surface area is 106 Å². The Hall–Kier alpha value is -0.153. The van der Waals surface area contributed by atoms with Gasteiger partial charge in [0.15, 0.2) is 8.32 Å². The first-order chi connectivity index (χ1) is 7.56. The Kier molecular flexibility index (Phi) is 2.69. The third-order valence-electron chi connectivity index (χ3n) is 5.50. The molecule has 3 aliphatic carbocycles. The van der Waals surface area contributed by atoms with E-state index >= 15 is 0 Å². The predicted octanol–water partition coefficient (Wildman–Crippen LogP) is 3.77. The molecule has 0 aliphatic heterocycles. The zero-order valence-electron chi connectivity index (χ0n) is 12.1. The van der Waals surface area contributed by atoms with Gasteiger partial charge in [0.2, 0.25) is 0 Å². The predicted molar refractivity (Wildman–Crippen MR) is 72.5 cm³/mol. The Morgan fingerprint density at radius 3 is 2.06 bits per heavy atom. The lowest BCUT2D eigenvalue weighted by Gasteiger charge is -2.71. The van der Waals surface area contributed by atoms with E-state index in [1.54, 1.807) is 0 Å². The quantitative estimate of drug-likeness (QED) is 0.564. The maximum absolute atomic E-state index is 10.9. The Balaban J connectivity index is 1.96. The molecule has 3 aliphatic rings. The van der Waals surface area contributed by atoms with Crippen molar-refractivity contribution >= 4 is 14.6 Å². The minimum Gasteiger partial charge on any atom is -0.414 e. The van der Waals surface area contributed by atoms with Gasteiger partial charge < -0.3 is 9.22 Å². The van der Waals surface area contributed by atoms with Crippen molar-refractivity contribution in [3.05, 3.63) is 0 Å². The van der Waals surface area contributed by atoms with E-state index in [0.717, 1.165) is 19.3 Å². The lowest BCUT2D eigenvalue weighted by molar-refractivity contribution is -0.228. The van der Waals surface area contributed by atoms with Crippen molar-refractivity contribution in [1.82, 2.24) is 0 Å². The van der Waals surface area contributed by atoms with Crippen molar-refractivity contribution in [1.29, 1.82) is 0 Å². The van der Waals surface area contributed by atoms with Crippen LogP contribution in [0.4, 0.5) is 0 Å². The Morgan fingerprint density at radius 2 is 1.71 bits per heavy atom. The first-order valence-corrected chi connectivity index (χ1v) is 9.61. The van der Waals surface area contributed by atoms with E-state index in [1.807, 2.05) is 0 Å². The van der Waals surface area contributed by atoms with Gasteiger partial charge in [-0.15, -0.1) is 0 Å². The number of rotatable bonds is 4. The summed E-state index contributed by atoms with van der Waals surface area (Å²) in [6.07, 6.45) is 4.70. The van der Waals surface area contributed by atoms with Crippen molar-refractivity contribution in [2.45, 2.75) is 71.2 Å². The first-order valence-electron chi connectivity index (χ1n) is 6.70. The van der Waals surface area contributed by atoms with Crippen LogP contribution >= 0.6 is 0 Å². The summed E-state index contributed by atoms with van der Waals surface area (Å²) in [5.74, 6) is 0. The molecule has 0 aromatic heterocycles. The number of carbonyl (C=O) groups is 1. The molecule has 3 fully saturated rings. The van der Waals surface area contributed by atoms with Crippen molar-refractivity contribution < 1.29 is 9.22 Å². The smallest absolute Gasteiger partial charge is 0.192 e. The highest BCUT2D eigenvalue weighted by Crippen LogP contribution is 2.74. The van der Waals surface area contributed by atoms with Crippen molar-refractivity contribution in [2.75, 3.05) is 0 Å². The van der Waals surface area contributed by atoms with Gasteiger partial charge in [-0.05, 0) is 49.7 Å². The van der Waals surface area contributed by atoms with Crippen LogP contribution in [-0.2, 0) is 9.22 Å². The second kappa shape index (κ2) is 3.44. The van der Waals surface area contributed by atoms with Crippen LogP contribution in [0.2, 0.25) is 18.1 Å². The number of hydrogen-bond acceptors (Lipinski definition) is 2. The van der Waals surface area contributed by atoms with E-state index in [2.05, 4.69) is 40.8 Å². The van der Waals surface area contributed by atoms with Gasteiger partial charge in [0.25, 0.3) is 0 Å². The lowest BCUT2D eigenvalue weighted by atomic mass is 9.34. The van der Waals surface area contributed by atoms with Crippen LogP contribution in [0.1, 0.15) is 47.0 Å². The molecule has 98 valence electrons. The van der Waals surface area contributed by atoms with Crippen LogP contribution in [0, 0.1) is 10.8 Å². The summed E-state index contributed by atoms with van der Waals surface area (Å²) in [5, 5.41) is 0.271. The molecule has 1 unspecified atom stereocenters. The number of carbonyl (C=O) groups excluding carboxylic acids is 1. The maximum atomic E-state index is 10.9. The molecule has 0 aromatic rings. The summed E-state index contributed by atoms with van der Waals surface area (Å²) in [6.45, 7) is 13.7. The Morgan fingerprint density at radius 1 is 1.24 bits per heavy atom. The van der Waals surface area contributed by atoms with Crippen LogP contribution in [0.25, 0.3) is 0 Å². The molecule has 0 aromatic carbocycles. The highest BCUT2D eigenvalue weighted by atomic mass is 28.4. The van der Waals surface area contributed by atoms with Crippen molar-refractivity contribution in [3.8, 4) is 0 Å². The fourth-order valence-corrected chi connectivity index (χ4v) is 4.74. The van der Waals surface area contributed by atoms with Crippen LogP contribution in [-0.4, -0.2) is 20.7 Å². The van der Waals surface area contributed by atoms with Gasteiger partial charge in [-0.1, -0.05) is 20.8 Å². The van der Waals surface area contributed by atoms with E-state index < -0.39 is 8.32 Å². The fourth-order valence-electron chi connectivity index (χ4n) is 3.25. The van der Waals surface area contributed by atoms with E-state index in [0.29, 0.717) is 11.5 Å². The van der Waals surface area contributed by atoms with E-state index in [1.165, 1.54) is 6.29 Å². The van der Waals surface area contributed by atoms with Crippen molar-refractivity contribution in [2.24, 2.45) is 10.8 Å². The molecule has 3 heteroatoms. The topological polar surface area (TPSA) is 26.3 Å². The molecule has 0 spiro atoms. The molecule has 0 N–H and O–H groups in total. The third-order valence-corrected chi connectivity index (χ3v) is 10.1. The summed E-state index contributed by atoms with van der Waals surface area (Å²) in [4.78, 5) is 10.9. The summed E-state index contributed by atoms with van der Waals surface area (Å²) >= 11 is 0. The van der Waals surface area contributed by atoms with Gasteiger partial charge in [0.1, 0.15) is 6.29 Å². The molecule has 3 rings (SSSR count). The molecule has 3 saturated carbocycles.